The third-order valence-electron chi connectivity index (χ3n) is 3.29. The van der Waals surface area contributed by atoms with Crippen LogP contribution in [0.2, 0.25) is 0 Å². The summed E-state index contributed by atoms with van der Waals surface area (Å²) in [6, 6.07) is 12.2. The standard InChI is InChI=1S/C17H17NO3/c1-11-5-4-6-12(2)15(11)18-16(19)13-7-9-14(10-8-13)17(20)21-3/h4-10H,1-3H3,(H,18,19). The van der Waals surface area contributed by atoms with E-state index in [0.29, 0.717) is 11.1 Å². The van der Waals surface area contributed by atoms with Crippen molar-refractivity contribution in [1.82, 2.24) is 0 Å². The number of esters is 1. The molecule has 0 bridgehead atoms. The number of carbonyl (C=O) groups excluding carboxylic acids is 2. The van der Waals surface area contributed by atoms with Crippen LogP contribution in [-0.2, 0) is 4.74 Å². The summed E-state index contributed by atoms with van der Waals surface area (Å²) in [6.07, 6.45) is 0. The monoisotopic (exact) mass is 283 g/mol. The molecule has 4 nitrogen and oxygen atoms in total. The van der Waals surface area contributed by atoms with Gasteiger partial charge in [-0.25, -0.2) is 4.79 Å². The number of rotatable bonds is 3. The van der Waals surface area contributed by atoms with Gasteiger partial charge in [-0.2, -0.15) is 0 Å². The number of amides is 1. The summed E-state index contributed by atoms with van der Waals surface area (Å²) >= 11 is 0. The minimum Gasteiger partial charge on any atom is -0.465 e. The first-order valence-electron chi connectivity index (χ1n) is 6.59. The molecular formula is C17H17NO3. The van der Waals surface area contributed by atoms with E-state index in [9.17, 15) is 9.59 Å². The zero-order valence-electron chi connectivity index (χ0n) is 12.3. The van der Waals surface area contributed by atoms with Gasteiger partial charge >= 0.3 is 5.97 Å². The molecule has 0 aliphatic carbocycles. The van der Waals surface area contributed by atoms with E-state index in [0.717, 1.165) is 16.8 Å². The zero-order chi connectivity index (χ0) is 15.4. The molecule has 0 aromatic heterocycles. The Morgan fingerprint density at radius 2 is 1.43 bits per heavy atom. The normalized spacial score (nSPS) is 10.0. The van der Waals surface area contributed by atoms with Crippen LogP contribution in [0, 0.1) is 13.8 Å². The number of methoxy groups -OCH3 is 1. The van der Waals surface area contributed by atoms with Crippen molar-refractivity contribution >= 4 is 17.6 Å². The summed E-state index contributed by atoms with van der Waals surface area (Å²) < 4.78 is 4.62. The van der Waals surface area contributed by atoms with Crippen LogP contribution in [0.3, 0.4) is 0 Å². The van der Waals surface area contributed by atoms with E-state index in [2.05, 4.69) is 10.1 Å². The first-order valence-corrected chi connectivity index (χ1v) is 6.59. The second-order valence-electron chi connectivity index (χ2n) is 4.79. The molecule has 2 aromatic rings. The van der Waals surface area contributed by atoms with Crippen LogP contribution in [0.4, 0.5) is 5.69 Å². The number of aryl methyl sites for hydroxylation is 2. The summed E-state index contributed by atoms with van der Waals surface area (Å²) in [5, 5.41) is 2.90. The molecule has 0 heterocycles. The molecule has 1 N–H and O–H groups in total. The molecular weight excluding hydrogens is 266 g/mol. The van der Waals surface area contributed by atoms with Crippen molar-refractivity contribution in [3.8, 4) is 0 Å². The fourth-order valence-corrected chi connectivity index (χ4v) is 2.07. The Kier molecular flexibility index (Phi) is 4.38. The van der Waals surface area contributed by atoms with Crippen LogP contribution >= 0.6 is 0 Å². The Bertz CT molecular complexity index is 655. The SMILES string of the molecule is COC(=O)c1ccc(C(=O)Nc2c(C)cccc2C)cc1. The predicted octanol–water partition coefficient (Wildman–Crippen LogP) is 3.34. The number of ether oxygens (including phenoxy) is 1. The van der Waals surface area contributed by atoms with Crippen molar-refractivity contribution in [2.75, 3.05) is 12.4 Å². The van der Waals surface area contributed by atoms with Crippen LogP contribution in [0.5, 0.6) is 0 Å². The summed E-state index contributed by atoms with van der Waals surface area (Å²) in [6.45, 7) is 3.89. The van der Waals surface area contributed by atoms with Gasteiger partial charge in [0.2, 0.25) is 0 Å². The zero-order valence-corrected chi connectivity index (χ0v) is 12.3. The Balaban J connectivity index is 2.19. The summed E-state index contributed by atoms with van der Waals surface area (Å²) in [5.74, 6) is -0.625. The molecule has 0 atom stereocenters. The molecule has 0 saturated heterocycles. The molecule has 0 spiro atoms. The molecule has 2 aromatic carbocycles. The van der Waals surface area contributed by atoms with Crippen LogP contribution in [0.15, 0.2) is 42.5 Å². The van der Waals surface area contributed by atoms with Gasteiger partial charge in [0.05, 0.1) is 12.7 Å². The van der Waals surface area contributed by atoms with E-state index in [-0.39, 0.29) is 5.91 Å². The summed E-state index contributed by atoms with van der Waals surface area (Å²) in [5.41, 5.74) is 3.75. The van der Waals surface area contributed by atoms with E-state index in [1.54, 1.807) is 24.3 Å². The lowest BCUT2D eigenvalue weighted by Crippen LogP contribution is -2.14. The second-order valence-corrected chi connectivity index (χ2v) is 4.79. The number of anilines is 1. The van der Waals surface area contributed by atoms with Crippen LogP contribution < -0.4 is 5.32 Å². The Labute approximate surface area is 123 Å². The lowest BCUT2D eigenvalue weighted by atomic mass is 10.1. The van der Waals surface area contributed by atoms with E-state index in [1.807, 2.05) is 32.0 Å². The first kappa shape index (κ1) is 14.8. The molecule has 0 fully saturated rings. The number of carbonyl (C=O) groups is 2. The predicted molar refractivity (Wildman–Crippen MR) is 81.7 cm³/mol. The van der Waals surface area contributed by atoms with E-state index in [4.69, 9.17) is 0 Å². The first-order chi connectivity index (χ1) is 10.0. The van der Waals surface area contributed by atoms with Gasteiger partial charge in [-0.15, -0.1) is 0 Å². The maximum Gasteiger partial charge on any atom is 0.337 e. The van der Waals surface area contributed by atoms with Gasteiger partial charge < -0.3 is 10.1 Å². The Morgan fingerprint density at radius 1 is 0.905 bits per heavy atom. The van der Waals surface area contributed by atoms with Gasteiger partial charge in [0.15, 0.2) is 0 Å². The molecule has 2 rings (SSSR count). The number of nitrogens with one attached hydrogen (secondary N) is 1. The highest BCUT2D eigenvalue weighted by Crippen LogP contribution is 2.20. The minimum absolute atomic E-state index is 0.205. The number of hydrogen-bond acceptors (Lipinski definition) is 3. The maximum absolute atomic E-state index is 12.2. The molecule has 1 amide bonds. The third kappa shape index (κ3) is 3.28. The molecule has 21 heavy (non-hydrogen) atoms. The average Bonchev–Trinajstić information content (AvgIpc) is 2.50. The van der Waals surface area contributed by atoms with Crippen LogP contribution in [0.1, 0.15) is 31.8 Å². The molecule has 0 radical (unpaired) electrons. The van der Waals surface area contributed by atoms with Crippen molar-refractivity contribution in [3.05, 3.63) is 64.7 Å². The third-order valence-corrected chi connectivity index (χ3v) is 3.29. The Morgan fingerprint density at radius 3 is 1.95 bits per heavy atom. The van der Waals surface area contributed by atoms with Crippen molar-refractivity contribution < 1.29 is 14.3 Å². The molecule has 0 aliphatic rings. The highest BCUT2D eigenvalue weighted by Gasteiger charge is 2.11. The molecule has 4 heteroatoms. The lowest BCUT2D eigenvalue weighted by molar-refractivity contribution is 0.0600. The quantitative estimate of drug-likeness (QED) is 0.879. The highest BCUT2D eigenvalue weighted by atomic mass is 16.5. The molecule has 0 unspecified atom stereocenters. The van der Waals surface area contributed by atoms with Crippen LogP contribution in [-0.4, -0.2) is 19.0 Å². The van der Waals surface area contributed by atoms with Gasteiger partial charge in [0.1, 0.15) is 0 Å². The molecule has 0 saturated carbocycles. The summed E-state index contributed by atoms with van der Waals surface area (Å²) in [4.78, 5) is 23.6. The number of benzene rings is 2. The largest absolute Gasteiger partial charge is 0.465 e. The van der Waals surface area contributed by atoms with Crippen molar-refractivity contribution in [2.45, 2.75) is 13.8 Å². The summed E-state index contributed by atoms with van der Waals surface area (Å²) in [7, 11) is 1.32. The highest BCUT2D eigenvalue weighted by molar-refractivity contribution is 6.05. The van der Waals surface area contributed by atoms with Crippen molar-refractivity contribution in [1.29, 1.82) is 0 Å². The van der Waals surface area contributed by atoms with Crippen molar-refractivity contribution in [2.24, 2.45) is 0 Å². The van der Waals surface area contributed by atoms with Crippen molar-refractivity contribution in [3.63, 3.8) is 0 Å². The average molecular weight is 283 g/mol. The lowest BCUT2D eigenvalue weighted by Gasteiger charge is -2.11. The second kappa shape index (κ2) is 6.22. The van der Waals surface area contributed by atoms with Gasteiger partial charge in [-0.05, 0) is 49.2 Å². The minimum atomic E-state index is -0.420. The fourth-order valence-electron chi connectivity index (χ4n) is 2.07. The van der Waals surface area contributed by atoms with Gasteiger partial charge in [-0.3, -0.25) is 4.79 Å². The topological polar surface area (TPSA) is 55.4 Å². The van der Waals surface area contributed by atoms with Gasteiger partial charge in [-0.1, -0.05) is 18.2 Å². The van der Waals surface area contributed by atoms with E-state index in [1.165, 1.54) is 7.11 Å². The van der Waals surface area contributed by atoms with E-state index < -0.39 is 5.97 Å². The molecule has 108 valence electrons. The Hall–Kier alpha value is -2.62. The van der Waals surface area contributed by atoms with Gasteiger partial charge in [0.25, 0.3) is 5.91 Å². The number of hydrogen-bond donors (Lipinski definition) is 1. The smallest absolute Gasteiger partial charge is 0.337 e. The fraction of sp³-hybridized carbons (Fsp3) is 0.176. The van der Waals surface area contributed by atoms with E-state index >= 15 is 0 Å². The maximum atomic E-state index is 12.2. The molecule has 0 aliphatic heterocycles. The van der Waals surface area contributed by atoms with Gasteiger partial charge in [0, 0.05) is 11.3 Å². The number of para-hydroxylation sites is 1. The van der Waals surface area contributed by atoms with Crippen LogP contribution in [0.25, 0.3) is 0 Å².